The van der Waals surface area contributed by atoms with Crippen molar-refractivity contribution in [3.8, 4) is 0 Å². The lowest BCUT2D eigenvalue weighted by Gasteiger charge is -2.14. The van der Waals surface area contributed by atoms with Crippen LogP contribution in [0.3, 0.4) is 0 Å². The summed E-state index contributed by atoms with van der Waals surface area (Å²) in [5.41, 5.74) is 0.126. The number of carbonyl (C=O) groups excluding carboxylic acids is 1. The highest BCUT2D eigenvalue weighted by atomic mass is 32.2. The quantitative estimate of drug-likeness (QED) is 0.366. The Morgan fingerprint density at radius 3 is 2.79 bits per heavy atom. The molecule has 0 saturated carbocycles. The van der Waals surface area contributed by atoms with Gasteiger partial charge in [0.05, 0.1) is 12.0 Å². The Hall–Kier alpha value is -2.72. The molecule has 0 aliphatic carbocycles. The Balaban J connectivity index is 2.36. The third-order valence-electron chi connectivity index (χ3n) is 3.08. The molecule has 0 radical (unpaired) electrons. The molecule has 10 heteroatoms. The summed E-state index contributed by atoms with van der Waals surface area (Å²) >= 11 is 1.36. The van der Waals surface area contributed by atoms with Crippen LogP contribution in [0.25, 0.3) is 0 Å². The number of benzene rings is 1. The first-order valence-electron chi connectivity index (χ1n) is 6.71. The number of nitrogens with zero attached hydrogens (tertiary/aromatic N) is 4. The number of thioether (sulfide) groups is 1. The lowest BCUT2D eigenvalue weighted by molar-refractivity contribution is -0.383. The minimum atomic E-state index is -0.567. The zero-order chi connectivity index (χ0) is 17.7. The van der Waals surface area contributed by atoms with Crippen LogP contribution in [0.2, 0.25) is 0 Å². The van der Waals surface area contributed by atoms with E-state index in [1.807, 2.05) is 6.26 Å². The van der Waals surface area contributed by atoms with E-state index in [1.54, 1.807) is 12.3 Å². The molecule has 9 nitrogen and oxygen atoms in total. The average molecular weight is 349 g/mol. The van der Waals surface area contributed by atoms with E-state index in [-0.39, 0.29) is 16.9 Å². The van der Waals surface area contributed by atoms with Crippen molar-refractivity contribution in [2.24, 2.45) is 0 Å². The second-order valence-electron chi connectivity index (χ2n) is 4.53. The fourth-order valence-corrected chi connectivity index (χ4v) is 2.19. The van der Waals surface area contributed by atoms with Crippen molar-refractivity contribution in [2.75, 3.05) is 25.7 Å². The van der Waals surface area contributed by atoms with Crippen molar-refractivity contribution in [3.63, 3.8) is 0 Å². The van der Waals surface area contributed by atoms with Crippen LogP contribution in [0.4, 0.5) is 17.2 Å². The van der Waals surface area contributed by atoms with Gasteiger partial charge in [-0.15, -0.1) is 0 Å². The van der Waals surface area contributed by atoms with E-state index in [4.69, 9.17) is 4.84 Å². The van der Waals surface area contributed by atoms with Gasteiger partial charge in [-0.3, -0.25) is 19.7 Å². The van der Waals surface area contributed by atoms with Gasteiger partial charge in [0.2, 0.25) is 0 Å². The molecule has 0 atom stereocenters. The molecule has 0 bridgehead atoms. The molecule has 0 spiro atoms. The van der Waals surface area contributed by atoms with Gasteiger partial charge in [-0.1, -0.05) is 11.8 Å². The Labute approximate surface area is 142 Å². The van der Waals surface area contributed by atoms with E-state index in [0.29, 0.717) is 11.0 Å². The molecular weight excluding hydrogens is 334 g/mol. The molecule has 1 N–H and O–H groups in total. The third kappa shape index (κ3) is 3.97. The van der Waals surface area contributed by atoms with Crippen molar-refractivity contribution in [3.05, 3.63) is 46.1 Å². The summed E-state index contributed by atoms with van der Waals surface area (Å²) < 4.78 is 0. The van der Waals surface area contributed by atoms with E-state index in [2.05, 4.69) is 15.3 Å². The lowest BCUT2D eigenvalue weighted by Crippen LogP contribution is -2.25. The number of nitro groups is 1. The highest BCUT2D eigenvalue weighted by Gasteiger charge is 2.20. The fourth-order valence-electron chi connectivity index (χ4n) is 1.83. The Bertz CT molecular complexity index is 771. The molecule has 1 aromatic carbocycles. The topological polar surface area (TPSA) is 110 Å². The van der Waals surface area contributed by atoms with E-state index in [1.165, 1.54) is 44.1 Å². The molecule has 2 rings (SSSR count). The molecule has 0 aliphatic rings. The maximum Gasteiger partial charge on any atom is 0.293 e. The van der Waals surface area contributed by atoms with E-state index in [9.17, 15) is 14.9 Å². The van der Waals surface area contributed by atoms with Crippen molar-refractivity contribution < 1.29 is 14.6 Å². The average Bonchev–Trinajstić information content (AvgIpc) is 2.60. The Kier molecular flexibility index (Phi) is 5.66. The maximum atomic E-state index is 12.0. The second-order valence-corrected chi connectivity index (χ2v) is 5.30. The molecule has 1 aromatic heterocycles. The molecule has 0 unspecified atom stereocenters. The first-order chi connectivity index (χ1) is 11.5. The largest absolute Gasteiger partial charge is 0.334 e. The van der Waals surface area contributed by atoms with E-state index < -0.39 is 10.8 Å². The van der Waals surface area contributed by atoms with E-state index >= 15 is 0 Å². The van der Waals surface area contributed by atoms with Crippen molar-refractivity contribution in [1.29, 1.82) is 0 Å². The van der Waals surface area contributed by atoms with Crippen LogP contribution >= 0.6 is 11.8 Å². The van der Waals surface area contributed by atoms with Crippen molar-refractivity contribution >= 4 is 34.9 Å². The second kappa shape index (κ2) is 7.70. The predicted molar refractivity (Wildman–Crippen MR) is 89.3 cm³/mol. The number of carbonyl (C=O) groups is 1. The molecule has 0 fully saturated rings. The lowest BCUT2D eigenvalue weighted by atomic mass is 10.1. The highest BCUT2D eigenvalue weighted by Crippen LogP contribution is 2.28. The van der Waals surface area contributed by atoms with Gasteiger partial charge in [0.25, 0.3) is 11.6 Å². The molecule has 126 valence electrons. The van der Waals surface area contributed by atoms with Crippen LogP contribution < -0.4 is 5.32 Å². The van der Waals surface area contributed by atoms with Gasteiger partial charge in [0, 0.05) is 24.9 Å². The van der Waals surface area contributed by atoms with Gasteiger partial charge < -0.3 is 5.32 Å². The number of nitrogens with one attached hydrogen (secondary N) is 1. The minimum Gasteiger partial charge on any atom is -0.334 e. The van der Waals surface area contributed by atoms with Crippen LogP contribution in [-0.4, -0.2) is 46.3 Å². The smallest absolute Gasteiger partial charge is 0.293 e. The summed E-state index contributed by atoms with van der Waals surface area (Å²) in [7, 11) is 2.76. The fraction of sp³-hybridized carbons (Fsp3) is 0.214. The maximum absolute atomic E-state index is 12.0. The number of anilines is 2. The van der Waals surface area contributed by atoms with Crippen LogP contribution in [0.5, 0.6) is 0 Å². The van der Waals surface area contributed by atoms with Crippen molar-refractivity contribution in [2.45, 2.75) is 5.16 Å². The predicted octanol–water partition coefficient (Wildman–Crippen LogP) is 2.48. The summed E-state index contributed by atoms with van der Waals surface area (Å²) in [6.07, 6.45) is 3.38. The standard InChI is InChI=1S/C14H15N5O4S/c1-18(23-2)13(20)9-4-5-10(11(8-9)19(21)22)16-12-6-7-15-14(17-12)24-3/h4-8H,1-3H3,(H,15,16,17). The number of nitro benzene ring substituents is 1. The molecule has 0 aliphatic heterocycles. The first kappa shape index (κ1) is 17.6. The van der Waals surface area contributed by atoms with Gasteiger partial charge in [-0.05, 0) is 24.5 Å². The number of amides is 1. The zero-order valence-electron chi connectivity index (χ0n) is 13.2. The van der Waals surface area contributed by atoms with Gasteiger partial charge in [0.1, 0.15) is 11.5 Å². The molecule has 2 aromatic rings. The first-order valence-corrected chi connectivity index (χ1v) is 7.93. The SMILES string of the molecule is CON(C)C(=O)c1ccc(Nc2ccnc(SC)n2)c([N+](=O)[O-])c1. The molecular formula is C14H15N5O4S. The van der Waals surface area contributed by atoms with Gasteiger partial charge in [-0.25, -0.2) is 15.0 Å². The van der Waals surface area contributed by atoms with Crippen LogP contribution in [0.15, 0.2) is 35.6 Å². The summed E-state index contributed by atoms with van der Waals surface area (Å²) in [6.45, 7) is 0. The molecule has 1 amide bonds. The molecule has 0 saturated heterocycles. The van der Waals surface area contributed by atoms with E-state index in [0.717, 1.165) is 5.06 Å². The summed E-state index contributed by atoms with van der Waals surface area (Å²) in [6, 6.07) is 5.72. The summed E-state index contributed by atoms with van der Waals surface area (Å²) in [5.74, 6) is -0.0654. The zero-order valence-corrected chi connectivity index (χ0v) is 14.0. The highest BCUT2D eigenvalue weighted by molar-refractivity contribution is 7.98. The normalized spacial score (nSPS) is 10.3. The number of hydrogen-bond acceptors (Lipinski definition) is 8. The monoisotopic (exact) mass is 349 g/mol. The summed E-state index contributed by atoms with van der Waals surface area (Å²) in [5, 5.41) is 15.7. The summed E-state index contributed by atoms with van der Waals surface area (Å²) in [4.78, 5) is 35.8. The number of hydrogen-bond donors (Lipinski definition) is 1. The van der Waals surface area contributed by atoms with Gasteiger partial charge >= 0.3 is 0 Å². The van der Waals surface area contributed by atoms with Crippen molar-refractivity contribution in [1.82, 2.24) is 15.0 Å². The van der Waals surface area contributed by atoms with Crippen LogP contribution in [0, 0.1) is 10.1 Å². The Morgan fingerprint density at radius 1 is 1.42 bits per heavy atom. The van der Waals surface area contributed by atoms with Gasteiger partial charge in [0.15, 0.2) is 5.16 Å². The Morgan fingerprint density at radius 2 is 2.17 bits per heavy atom. The number of aromatic nitrogens is 2. The number of hydroxylamine groups is 2. The minimum absolute atomic E-state index is 0.143. The molecule has 24 heavy (non-hydrogen) atoms. The van der Waals surface area contributed by atoms with Crippen LogP contribution in [-0.2, 0) is 4.84 Å². The van der Waals surface area contributed by atoms with Gasteiger partial charge in [-0.2, -0.15) is 0 Å². The molecule has 1 heterocycles. The van der Waals surface area contributed by atoms with Crippen LogP contribution in [0.1, 0.15) is 10.4 Å². The number of rotatable bonds is 6. The third-order valence-corrected chi connectivity index (χ3v) is 3.64.